The highest BCUT2D eigenvalue weighted by atomic mass is 19.4. The summed E-state index contributed by atoms with van der Waals surface area (Å²) in [5.41, 5.74) is -4.61. The number of hydrogen-bond donors (Lipinski definition) is 1. The van der Waals surface area contributed by atoms with Gasteiger partial charge in [-0.15, -0.1) is 0 Å². The summed E-state index contributed by atoms with van der Waals surface area (Å²) in [6.45, 7) is 0. The van der Waals surface area contributed by atoms with E-state index in [-0.39, 0.29) is 23.3 Å². The maximum atomic E-state index is 13.8. The first-order valence-corrected chi connectivity index (χ1v) is 9.37. The number of rotatable bonds is 6. The summed E-state index contributed by atoms with van der Waals surface area (Å²) in [4.78, 5) is 16.6. The molecule has 34 heavy (non-hydrogen) atoms. The molecule has 0 aliphatic heterocycles. The molecule has 2 aromatic carbocycles. The lowest BCUT2D eigenvalue weighted by Crippen LogP contribution is -2.21. The lowest BCUT2D eigenvalue weighted by Gasteiger charge is -2.20. The fourth-order valence-electron chi connectivity index (χ4n) is 2.93. The lowest BCUT2D eigenvalue weighted by atomic mass is 10.0. The Morgan fingerprint density at radius 3 is 2.18 bits per heavy atom. The Hall–Kier alpha value is -3.96. The Kier molecular flexibility index (Phi) is 6.89. The molecule has 3 rings (SSSR count). The van der Waals surface area contributed by atoms with Gasteiger partial charge in [0.25, 0.3) is 5.91 Å². The fourth-order valence-corrected chi connectivity index (χ4v) is 2.93. The van der Waals surface area contributed by atoms with Crippen molar-refractivity contribution in [3.63, 3.8) is 0 Å². The largest absolute Gasteiger partial charge is 0.497 e. The maximum Gasteiger partial charge on any atom is 0.417 e. The second kappa shape index (κ2) is 9.49. The van der Waals surface area contributed by atoms with Gasteiger partial charge < -0.3 is 19.5 Å². The first-order valence-electron chi connectivity index (χ1n) is 9.37. The van der Waals surface area contributed by atoms with Crippen molar-refractivity contribution in [2.24, 2.45) is 0 Å². The highest BCUT2D eigenvalue weighted by Crippen LogP contribution is 2.44. The lowest BCUT2D eigenvalue weighted by molar-refractivity contribution is -0.143. The molecule has 1 aromatic heterocycles. The van der Waals surface area contributed by atoms with E-state index in [4.69, 9.17) is 14.2 Å². The van der Waals surface area contributed by atoms with Gasteiger partial charge in [0.05, 0.1) is 42.8 Å². The number of benzene rings is 2. The zero-order chi connectivity index (χ0) is 25.1. The molecule has 3 aromatic rings. The van der Waals surface area contributed by atoms with E-state index < -0.39 is 40.7 Å². The van der Waals surface area contributed by atoms with E-state index in [2.05, 4.69) is 10.3 Å². The second-order valence-electron chi connectivity index (χ2n) is 6.71. The summed E-state index contributed by atoms with van der Waals surface area (Å²) in [6, 6.07) is 6.80. The van der Waals surface area contributed by atoms with Crippen molar-refractivity contribution in [1.82, 2.24) is 4.98 Å². The minimum Gasteiger partial charge on any atom is -0.497 e. The molecule has 1 heterocycles. The van der Waals surface area contributed by atoms with Gasteiger partial charge in [-0.3, -0.25) is 9.78 Å². The molecule has 1 amide bonds. The van der Waals surface area contributed by atoms with Crippen molar-refractivity contribution in [2.45, 2.75) is 12.4 Å². The Labute approximate surface area is 189 Å². The van der Waals surface area contributed by atoms with Crippen molar-refractivity contribution < 1.29 is 45.3 Å². The average molecular weight is 486 g/mol. The Balaban J connectivity index is 2.22. The molecule has 0 atom stereocenters. The standard InChI is InChI=1S/C22H16F6N2O4/c1-32-14-5-6-16(17(10-14)33-2)34-18-9-12(21(23,24)25)8-15(22(26,27)28)19(18)20(31)30-13-4-3-7-29-11-13/h3-11H,1-2H3,(H,30,31). The molecule has 0 unspecified atom stereocenters. The molecular weight excluding hydrogens is 470 g/mol. The summed E-state index contributed by atoms with van der Waals surface area (Å²) < 4.78 is 97.3. The molecule has 0 saturated heterocycles. The number of nitrogens with zero attached hydrogens (tertiary/aromatic N) is 1. The van der Waals surface area contributed by atoms with Gasteiger partial charge in [-0.25, -0.2) is 0 Å². The van der Waals surface area contributed by atoms with Gasteiger partial charge in [-0.2, -0.15) is 26.3 Å². The molecule has 1 N–H and O–H groups in total. The number of ether oxygens (including phenoxy) is 3. The van der Waals surface area contributed by atoms with Crippen LogP contribution in [0, 0.1) is 0 Å². The SMILES string of the molecule is COc1ccc(Oc2cc(C(F)(F)F)cc(C(F)(F)F)c2C(=O)Nc2cccnc2)c(OC)c1. The molecule has 0 saturated carbocycles. The molecule has 0 bridgehead atoms. The van der Waals surface area contributed by atoms with Crippen LogP contribution in [0.1, 0.15) is 21.5 Å². The molecule has 0 fully saturated rings. The van der Waals surface area contributed by atoms with E-state index in [0.717, 1.165) is 6.20 Å². The van der Waals surface area contributed by atoms with Crippen molar-refractivity contribution in [1.29, 1.82) is 0 Å². The van der Waals surface area contributed by atoms with Crippen LogP contribution in [0.2, 0.25) is 0 Å². The Morgan fingerprint density at radius 2 is 1.62 bits per heavy atom. The van der Waals surface area contributed by atoms with Crippen LogP contribution in [0.4, 0.5) is 32.0 Å². The molecule has 0 aliphatic carbocycles. The fraction of sp³-hybridized carbons (Fsp3) is 0.182. The normalized spacial score (nSPS) is 11.6. The number of nitrogens with one attached hydrogen (secondary N) is 1. The summed E-state index contributed by atoms with van der Waals surface area (Å²) in [7, 11) is 2.56. The predicted octanol–water partition coefficient (Wildman–Crippen LogP) is 6.18. The van der Waals surface area contributed by atoms with Crippen LogP contribution >= 0.6 is 0 Å². The third-order valence-electron chi connectivity index (χ3n) is 4.47. The van der Waals surface area contributed by atoms with Gasteiger partial charge >= 0.3 is 12.4 Å². The number of amides is 1. The molecule has 6 nitrogen and oxygen atoms in total. The molecule has 180 valence electrons. The van der Waals surface area contributed by atoms with Gasteiger partial charge in [0, 0.05) is 12.3 Å². The number of carbonyl (C=O) groups is 1. The Bertz CT molecular complexity index is 1180. The third kappa shape index (κ3) is 5.50. The number of methoxy groups -OCH3 is 2. The van der Waals surface area contributed by atoms with E-state index in [9.17, 15) is 31.1 Å². The van der Waals surface area contributed by atoms with Crippen LogP contribution in [0.5, 0.6) is 23.0 Å². The first-order chi connectivity index (χ1) is 15.9. The van der Waals surface area contributed by atoms with Crippen LogP contribution in [0.3, 0.4) is 0 Å². The van der Waals surface area contributed by atoms with Crippen LogP contribution in [0.25, 0.3) is 0 Å². The van der Waals surface area contributed by atoms with Crippen LogP contribution in [0.15, 0.2) is 54.9 Å². The van der Waals surface area contributed by atoms with Crippen LogP contribution in [-0.4, -0.2) is 25.1 Å². The van der Waals surface area contributed by atoms with Crippen LogP contribution in [-0.2, 0) is 12.4 Å². The quantitative estimate of drug-likeness (QED) is 0.422. The highest BCUT2D eigenvalue weighted by molar-refractivity contribution is 6.07. The molecular formula is C22H16F6N2O4. The summed E-state index contributed by atoms with van der Waals surface area (Å²) in [5, 5.41) is 2.19. The highest BCUT2D eigenvalue weighted by Gasteiger charge is 2.42. The van der Waals surface area contributed by atoms with Crippen molar-refractivity contribution in [3.8, 4) is 23.0 Å². The molecule has 0 radical (unpaired) electrons. The number of hydrogen-bond acceptors (Lipinski definition) is 5. The zero-order valence-corrected chi connectivity index (χ0v) is 17.5. The summed E-state index contributed by atoms with van der Waals surface area (Å²) in [5.74, 6) is -2.34. The van der Waals surface area contributed by atoms with E-state index >= 15 is 0 Å². The Morgan fingerprint density at radius 1 is 0.882 bits per heavy atom. The smallest absolute Gasteiger partial charge is 0.417 e. The van der Waals surface area contributed by atoms with Crippen molar-refractivity contribution in [3.05, 3.63) is 71.5 Å². The molecule has 0 spiro atoms. The monoisotopic (exact) mass is 486 g/mol. The van der Waals surface area contributed by atoms with Crippen molar-refractivity contribution >= 4 is 11.6 Å². The molecule has 12 heteroatoms. The van der Waals surface area contributed by atoms with Gasteiger partial charge in [0.15, 0.2) is 11.5 Å². The summed E-state index contributed by atoms with van der Waals surface area (Å²) >= 11 is 0. The van der Waals surface area contributed by atoms with E-state index in [1.165, 1.54) is 50.7 Å². The minimum absolute atomic E-state index is 0.0218. The average Bonchev–Trinajstić information content (AvgIpc) is 2.78. The number of halogens is 6. The first kappa shape index (κ1) is 24.7. The van der Waals surface area contributed by atoms with Gasteiger partial charge in [-0.1, -0.05) is 0 Å². The topological polar surface area (TPSA) is 69.7 Å². The van der Waals surface area contributed by atoms with Crippen LogP contribution < -0.4 is 19.5 Å². The van der Waals surface area contributed by atoms with E-state index in [0.29, 0.717) is 11.8 Å². The molecule has 0 aliphatic rings. The number of aromatic nitrogens is 1. The second-order valence-corrected chi connectivity index (χ2v) is 6.71. The number of carbonyl (C=O) groups excluding carboxylic acids is 1. The van der Waals surface area contributed by atoms with E-state index in [1.54, 1.807) is 0 Å². The zero-order valence-electron chi connectivity index (χ0n) is 17.5. The number of anilines is 1. The van der Waals surface area contributed by atoms with Crippen molar-refractivity contribution in [2.75, 3.05) is 19.5 Å². The maximum absolute atomic E-state index is 13.8. The minimum atomic E-state index is -5.31. The van der Waals surface area contributed by atoms with Gasteiger partial charge in [0.1, 0.15) is 11.5 Å². The summed E-state index contributed by atoms with van der Waals surface area (Å²) in [6.07, 6.45) is -7.95. The third-order valence-corrected chi connectivity index (χ3v) is 4.47. The number of pyridine rings is 1. The number of alkyl halides is 6. The van der Waals surface area contributed by atoms with E-state index in [1.807, 2.05) is 0 Å². The predicted molar refractivity (Wildman–Crippen MR) is 108 cm³/mol. The van der Waals surface area contributed by atoms with Gasteiger partial charge in [0.2, 0.25) is 0 Å². The van der Waals surface area contributed by atoms with Gasteiger partial charge in [-0.05, 0) is 36.4 Å².